The number of methoxy groups -OCH3 is 1. The Kier molecular flexibility index (Phi) is 6.71. The van der Waals surface area contributed by atoms with E-state index in [4.69, 9.17) is 10.5 Å². The van der Waals surface area contributed by atoms with Crippen LogP contribution in [0.2, 0.25) is 0 Å². The number of hydrogen-bond acceptors (Lipinski definition) is 6. The zero-order valence-corrected chi connectivity index (χ0v) is 17.2. The summed E-state index contributed by atoms with van der Waals surface area (Å²) in [6.07, 6.45) is 10.1. The third-order valence-electron chi connectivity index (χ3n) is 4.03. The predicted octanol–water partition coefficient (Wildman–Crippen LogP) is 3.89. The van der Waals surface area contributed by atoms with Crippen LogP contribution in [0.5, 0.6) is 0 Å². The third kappa shape index (κ3) is 5.15. The van der Waals surface area contributed by atoms with E-state index in [1.54, 1.807) is 11.6 Å². The molecule has 0 fully saturated rings. The van der Waals surface area contributed by atoms with Crippen LogP contribution in [0.15, 0.2) is 34.9 Å². The van der Waals surface area contributed by atoms with Gasteiger partial charge in [-0.25, -0.2) is 4.98 Å². The Morgan fingerprint density at radius 1 is 1.30 bits per heavy atom. The molecule has 0 saturated carbocycles. The molecule has 3 heterocycles. The van der Waals surface area contributed by atoms with Crippen molar-refractivity contribution in [1.29, 1.82) is 0 Å². The van der Waals surface area contributed by atoms with E-state index < -0.39 is 0 Å². The highest BCUT2D eigenvalue weighted by Crippen LogP contribution is 2.25. The van der Waals surface area contributed by atoms with Crippen molar-refractivity contribution >= 4 is 17.8 Å². The molecule has 0 atom stereocenters. The Labute approximate surface area is 161 Å². The number of nitrogens with zero attached hydrogens (tertiary/aromatic N) is 5. The van der Waals surface area contributed by atoms with Crippen LogP contribution in [-0.4, -0.2) is 32.9 Å². The Hall–Kier alpha value is -2.70. The summed E-state index contributed by atoms with van der Waals surface area (Å²) in [5.74, 6) is 1.99. The van der Waals surface area contributed by atoms with Crippen LogP contribution in [0.25, 0.3) is 5.78 Å². The van der Waals surface area contributed by atoms with E-state index >= 15 is 0 Å². The van der Waals surface area contributed by atoms with E-state index in [0.29, 0.717) is 24.4 Å². The lowest BCUT2D eigenvalue weighted by Gasteiger charge is -2.19. The molecule has 2 aromatic heterocycles. The van der Waals surface area contributed by atoms with Crippen LogP contribution in [0.1, 0.15) is 51.8 Å². The highest BCUT2D eigenvalue weighted by Gasteiger charge is 2.18. The number of fused-ring (bicyclic) bond motifs is 1. The zero-order valence-electron chi connectivity index (χ0n) is 17.2. The van der Waals surface area contributed by atoms with Crippen LogP contribution in [-0.2, 0) is 11.2 Å². The van der Waals surface area contributed by atoms with Gasteiger partial charge in [0.15, 0.2) is 0 Å². The monoisotopic (exact) mass is 370 g/mol. The lowest BCUT2D eigenvalue weighted by atomic mass is 9.92. The Balaban J connectivity index is 0.000000817. The lowest BCUT2D eigenvalue weighted by Crippen LogP contribution is -2.13. The topological polar surface area (TPSA) is 90.7 Å². The second kappa shape index (κ2) is 8.79. The van der Waals surface area contributed by atoms with Crippen molar-refractivity contribution in [3.63, 3.8) is 0 Å². The van der Waals surface area contributed by atoms with Gasteiger partial charge in [0.05, 0.1) is 12.9 Å². The lowest BCUT2D eigenvalue weighted by molar-refractivity contribution is 0.279. The number of ether oxygens (including phenoxy) is 1. The van der Waals surface area contributed by atoms with Gasteiger partial charge in [-0.3, -0.25) is 4.99 Å². The summed E-state index contributed by atoms with van der Waals surface area (Å²) in [5.41, 5.74) is 8.78. The Morgan fingerprint density at radius 3 is 2.67 bits per heavy atom. The van der Waals surface area contributed by atoms with Crippen molar-refractivity contribution in [1.82, 2.24) is 19.6 Å². The molecule has 0 radical (unpaired) electrons. The molecule has 0 unspecified atom stereocenters. The smallest absolute Gasteiger partial charge is 0.254 e. The number of aromatic nitrogens is 4. The van der Waals surface area contributed by atoms with E-state index in [1.165, 1.54) is 12.7 Å². The highest BCUT2D eigenvalue weighted by molar-refractivity contribution is 5.69. The number of anilines is 1. The van der Waals surface area contributed by atoms with Crippen LogP contribution in [0, 0.1) is 12.3 Å². The summed E-state index contributed by atoms with van der Waals surface area (Å²) >= 11 is 0. The summed E-state index contributed by atoms with van der Waals surface area (Å²) in [7, 11) is 1.69. The molecule has 7 heteroatoms. The average molecular weight is 371 g/mol. The van der Waals surface area contributed by atoms with Gasteiger partial charge in [-0.05, 0) is 13.0 Å². The molecule has 3 rings (SSSR count). The summed E-state index contributed by atoms with van der Waals surface area (Å²) in [6.45, 7) is 10.4. The van der Waals surface area contributed by atoms with Gasteiger partial charge >= 0.3 is 0 Å². The first-order valence-corrected chi connectivity index (χ1v) is 9.26. The minimum Gasteiger partial charge on any atom is -0.501 e. The van der Waals surface area contributed by atoms with E-state index in [1.807, 2.05) is 13.1 Å². The van der Waals surface area contributed by atoms with Gasteiger partial charge in [-0.15, -0.1) is 0 Å². The first kappa shape index (κ1) is 20.6. The standard InChI is InChI=1S/C17H22N6O.C3H8/c1-11-14(15(18)23-16(22-11)20-10-21-23)7-12-5-6-13(24-4)8-17(2,3)9-19-12;1-3-2/h5,8-10H,6-7,18H2,1-4H3;3H2,1-2H3/b12-5-,13-8?,19-9?;. The molecular weight excluding hydrogens is 340 g/mol. The fourth-order valence-corrected chi connectivity index (χ4v) is 2.70. The quantitative estimate of drug-likeness (QED) is 0.885. The SMILES string of the molecule is CCC.COC1=CC(C)(C)C=N/C(Cc2c(C)nc3ncnn3c2N)=C\C1. The van der Waals surface area contributed by atoms with Crippen molar-refractivity contribution < 1.29 is 4.74 Å². The second-order valence-corrected chi connectivity index (χ2v) is 7.21. The maximum Gasteiger partial charge on any atom is 0.254 e. The summed E-state index contributed by atoms with van der Waals surface area (Å²) < 4.78 is 7.01. The van der Waals surface area contributed by atoms with E-state index in [2.05, 4.69) is 59.9 Å². The highest BCUT2D eigenvalue weighted by atomic mass is 16.5. The van der Waals surface area contributed by atoms with Gasteiger partial charge in [-0.2, -0.15) is 14.6 Å². The van der Waals surface area contributed by atoms with E-state index in [9.17, 15) is 0 Å². The van der Waals surface area contributed by atoms with E-state index in [-0.39, 0.29) is 5.41 Å². The number of rotatable bonds is 3. The Morgan fingerprint density at radius 2 is 2.00 bits per heavy atom. The zero-order chi connectivity index (χ0) is 20.0. The first-order chi connectivity index (χ1) is 12.8. The van der Waals surface area contributed by atoms with Crippen molar-refractivity contribution in [2.75, 3.05) is 12.8 Å². The van der Waals surface area contributed by atoms with Gasteiger partial charge in [0, 0.05) is 41.4 Å². The number of aryl methyl sites for hydroxylation is 1. The number of aliphatic imine (C=N–C) groups is 1. The molecule has 0 bridgehead atoms. The fourth-order valence-electron chi connectivity index (χ4n) is 2.70. The number of hydrogen-bond donors (Lipinski definition) is 1. The number of nitrogens with two attached hydrogens (primary N) is 1. The molecule has 0 spiro atoms. The maximum absolute atomic E-state index is 6.26. The average Bonchev–Trinajstić information content (AvgIpc) is 3.06. The molecule has 0 saturated heterocycles. The number of nitrogen functional groups attached to an aromatic ring is 1. The summed E-state index contributed by atoms with van der Waals surface area (Å²) in [4.78, 5) is 13.2. The molecule has 7 nitrogen and oxygen atoms in total. The van der Waals surface area contributed by atoms with Gasteiger partial charge in [0.2, 0.25) is 0 Å². The molecule has 0 aliphatic carbocycles. The molecule has 2 N–H and O–H groups in total. The Bertz CT molecular complexity index is 876. The summed E-state index contributed by atoms with van der Waals surface area (Å²) in [6, 6.07) is 0. The van der Waals surface area contributed by atoms with Gasteiger partial charge in [0.25, 0.3) is 5.78 Å². The maximum atomic E-state index is 6.26. The third-order valence-corrected chi connectivity index (χ3v) is 4.03. The largest absolute Gasteiger partial charge is 0.501 e. The van der Waals surface area contributed by atoms with Crippen LogP contribution < -0.4 is 5.73 Å². The first-order valence-electron chi connectivity index (χ1n) is 9.26. The molecule has 1 aliphatic heterocycles. The molecular formula is C20H30N6O. The van der Waals surface area contributed by atoms with Gasteiger partial charge in [-0.1, -0.05) is 40.2 Å². The normalized spacial score (nSPS) is 17.9. The van der Waals surface area contributed by atoms with Crippen molar-refractivity contribution in [3.8, 4) is 0 Å². The van der Waals surface area contributed by atoms with Crippen LogP contribution in [0.4, 0.5) is 5.82 Å². The molecule has 1 aliphatic rings. The van der Waals surface area contributed by atoms with Gasteiger partial charge in [0.1, 0.15) is 12.1 Å². The molecule has 2 aromatic rings. The summed E-state index contributed by atoms with van der Waals surface area (Å²) in [5, 5.41) is 4.13. The van der Waals surface area contributed by atoms with Crippen molar-refractivity contribution in [2.24, 2.45) is 10.4 Å². The van der Waals surface area contributed by atoms with E-state index in [0.717, 1.165) is 22.7 Å². The minimum absolute atomic E-state index is 0.167. The minimum atomic E-state index is -0.167. The fraction of sp³-hybridized carbons (Fsp3) is 0.500. The molecule has 146 valence electrons. The molecule has 27 heavy (non-hydrogen) atoms. The van der Waals surface area contributed by atoms with Crippen molar-refractivity contribution in [3.05, 3.63) is 41.2 Å². The second-order valence-electron chi connectivity index (χ2n) is 7.21. The number of allylic oxidation sites excluding steroid dienone is 3. The van der Waals surface area contributed by atoms with Crippen molar-refractivity contribution in [2.45, 2.75) is 53.9 Å². The molecule has 0 aromatic carbocycles. The van der Waals surface area contributed by atoms with Crippen LogP contribution >= 0.6 is 0 Å². The van der Waals surface area contributed by atoms with Gasteiger partial charge < -0.3 is 10.5 Å². The molecule has 0 amide bonds. The predicted molar refractivity (Wildman–Crippen MR) is 110 cm³/mol. The van der Waals surface area contributed by atoms with Crippen LogP contribution in [0.3, 0.4) is 0 Å².